The fourth-order valence-corrected chi connectivity index (χ4v) is 5.07. The van der Waals surface area contributed by atoms with Gasteiger partial charge >= 0.3 is 0 Å². The molecular formula is C26H22BNO. The lowest BCUT2D eigenvalue weighted by molar-refractivity contribution is 0.635. The summed E-state index contributed by atoms with van der Waals surface area (Å²) < 4.78 is 6.35. The van der Waals surface area contributed by atoms with Gasteiger partial charge in [0.15, 0.2) is 0 Å². The van der Waals surface area contributed by atoms with E-state index in [-0.39, 0.29) is 0 Å². The fraction of sp³-hybridized carbons (Fsp3) is 0.192. The Kier molecular flexibility index (Phi) is 3.61. The molecule has 0 aliphatic heterocycles. The van der Waals surface area contributed by atoms with E-state index in [2.05, 4.69) is 79.6 Å². The van der Waals surface area contributed by atoms with E-state index in [9.17, 15) is 0 Å². The van der Waals surface area contributed by atoms with Gasteiger partial charge < -0.3 is 4.42 Å². The van der Waals surface area contributed by atoms with Crippen molar-refractivity contribution in [1.29, 1.82) is 0 Å². The van der Waals surface area contributed by atoms with Crippen molar-refractivity contribution in [2.24, 2.45) is 0 Å². The molecule has 0 saturated heterocycles. The summed E-state index contributed by atoms with van der Waals surface area (Å²) in [7, 11) is 2.40. The van der Waals surface area contributed by atoms with E-state index < -0.39 is 0 Å². The first-order valence-corrected chi connectivity index (χ1v) is 10.5. The van der Waals surface area contributed by atoms with Gasteiger partial charge in [-0.05, 0) is 46.6 Å². The van der Waals surface area contributed by atoms with Crippen molar-refractivity contribution in [2.75, 3.05) is 0 Å². The highest BCUT2D eigenvalue weighted by Gasteiger charge is 2.30. The van der Waals surface area contributed by atoms with Crippen LogP contribution in [0.5, 0.6) is 0 Å². The Balaban J connectivity index is 1.51. The molecule has 3 aromatic carbocycles. The van der Waals surface area contributed by atoms with Gasteiger partial charge in [0.1, 0.15) is 19.0 Å². The largest absolute Gasteiger partial charge is 0.455 e. The molecule has 3 heteroatoms. The van der Waals surface area contributed by atoms with Gasteiger partial charge in [0, 0.05) is 27.9 Å². The third kappa shape index (κ3) is 2.61. The topological polar surface area (TPSA) is 26.0 Å². The van der Waals surface area contributed by atoms with Crippen molar-refractivity contribution in [3.05, 3.63) is 78.5 Å². The maximum absolute atomic E-state index is 6.35. The van der Waals surface area contributed by atoms with Crippen LogP contribution in [0, 0.1) is 0 Å². The monoisotopic (exact) mass is 375 g/mol. The van der Waals surface area contributed by atoms with Crippen LogP contribution in [0.3, 0.4) is 0 Å². The van der Waals surface area contributed by atoms with Crippen LogP contribution in [0.2, 0.25) is 0 Å². The number of pyridine rings is 1. The SMILES string of the molecule is BC1(c2ccnc(-c3ccc4c(c3)oc3c5ccccc5ccc43)c2)CCCC1. The Hall–Kier alpha value is -3.07. The molecule has 0 amide bonds. The maximum atomic E-state index is 6.35. The lowest BCUT2D eigenvalue weighted by atomic mass is 9.63. The Labute approximate surface area is 171 Å². The van der Waals surface area contributed by atoms with E-state index >= 15 is 0 Å². The van der Waals surface area contributed by atoms with Crippen molar-refractivity contribution in [1.82, 2.24) is 4.98 Å². The molecule has 6 rings (SSSR count). The average molecular weight is 375 g/mol. The minimum absolute atomic E-state index is 0.292. The summed E-state index contributed by atoms with van der Waals surface area (Å²) >= 11 is 0. The molecule has 140 valence electrons. The average Bonchev–Trinajstić information content (AvgIpc) is 3.38. The molecule has 29 heavy (non-hydrogen) atoms. The summed E-state index contributed by atoms with van der Waals surface area (Å²) in [6.45, 7) is 0. The summed E-state index contributed by atoms with van der Waals surface area (Å²) in [5, 5.41) is 4.99. The molecule has 2 heterocycles. The second-order valence-corrected chi connectivity index (χ2v) is 8.67. The van der Waals surface area contributed by atoms with Gasteiger partial charge in [-0.25, -0.2) is 0 Å². The van der Waals surface area contributed by atoms with Crippen molar-refractivity contribution in [3.8, 4) is 11.3 Å². The minimum atomic E-state index is 0.292. The van der Waals surface area contributed by atoms with E-state index in [0.717, 1.165) is 33.2 Å². The van der Waals surface area contributed by atoms with Gasteiger partial charge in [0.25, 0.3) is 0 Å². The van der Waals surface area contributed by atoms with E-state index in [1.54, 1.807) is 0 Å². The van der Waals surface area contributed by atoms with E-state index in [1.165, 1.54) is 42.0 Å². The molecule has 0 unspecified atom stereocenters. The highest BCUT2D eigenvalue weighted by molar-refractivity contribution is 6.16. The zero-order chi connectivity index (χ0) is 19.4. The predicted octanol–water partition coefficient (Wildman–Crippen LogP) is 6.20. The van der Waals surface area contributed by atoms with Crippen molar-refractivity contribution in [2.45, 2.75) is 31.0 Å². The van der Waals surface area contributed by atoms with E-state index in [1.807, 2.05) is 6.20 Å². The summed E-state index contributed by atoms with van der Waals surface area (Å²) in [5.41, 5.74) is 5.45. The number of nitrogens with zero attached hydrogens (tertiary/aromatic N) is 1. The maximum Gasteiger partial charge on any atom is 0.143 e. The van der Waals surface area contributed by atoms with Crippen LogP contribution in [-0.2, 0) is 5.31 Å². The third-order valence-corrected chi connectivity index (χ3v) is 6.82. The standard InChI is InChI=1S/C26H22BNO/c27-26(12-3-4-13-26)19-11-14-28-23(16-19)18-8-9-21-22-10-7-17-5-1-2-6-20(17)25(22)29-24(21)15-18/h1-2,5-11,14-16H,3-4,12-13,27H2. The van der Waals surface area contributed by atoms with Crippen LogP contribution in [0.1, 0.15) is 31.2 Å². The second kappa shape index (κ2) is 6.22. The Morgan fingerprint density at radius 1 is 0.828 bits per heavy atom. The Morgan fingerprint density at radius 2 is 1.66 bits per heavy atom. The highest BCUT2D eigenvalue weighted by atomic mass is 16.3. The molecule has 0 N–H and O–H groups in total. The Bertz CT molecular complexity index is 1380. The number of benzene rings is 3. The molecule has 2 aromatic heterocycles. The number of rotatable bonds is 2. The Morgan fingerprint density at radius 3 is 2.55 bits per heavy atom. The molecule has 1 aliphatic rings. The van der Waals surface area contributed by atoms with Gasteiger partial charge in [-0.1, -0.05) is 62.1 Å². The van der Waals surface area contributed by atoms with Gasteiger partial charge in [-0.2, -0.15) is 0 Å². The summed E-state index contributed by atoms with van der Waals surface area (Å²) in [4.78, 5) is 4.68. The molecule has 2 nitrogen and oxygen atoms in total. The quantitative estimate of drug-likeness (QED) is 0.343. The first-order valence-electron chi connectivity index (χ1n) is 10.5. The number of furan rings is 1. The van der Waals surface area contributed by atoms with Crippen LogP contribution in [-0.4, -0.2) is 12.8 Å². The van der Waals surface area contributed by atoms with E-state index in [0.29, 0.717) is 5.31 Å². The first kappa shape index (κ1) is 16.9. The highest BCUT2D eigenvalue weighted by Crippen LogP contribution is 2.40. The van der Waals surface area contributed by atoms with Crippen molar-refractivity contribution >= 4 is 40.6 Å². The molecule has 0 spiro atoms. The smallest absolute Gasteiger partial charge is 0.143 e. The fourth-order valence-electron chi connectivity index (χ4n) is 5.07. The predicted molar refractivity (Wildman–Crippen MR) is 123 cm³/mol. The lowest BCUT2D eigenvalue weighted by Crippen LogP contribution is -2.21. The molecule has 0 atom stereocenters. The third-order valence-electron chi connectivity index (χ3n) is 6.82. The van der Waals surface area contributed by atoms with Crippen LogP contribution < -0.4 is 0 Å². The minimum Gasteiger partial charge on any atom is -0.455 e. The lowest BCUT2D eigenvalue weighted by Gasteiger charge is -2.24. The van der Waals surface area contributed by atoms with Crippen LogP contribution in [0.4, 0.5) is 0 Å². The van der Waals surface area contributed by atoms with Gasteiger partial charge in [0.05, 0.1) is 5.69 Å². The summed E-state index contributed by atoms with van der Waals surface area (Å²) in [6.07, 6.45) is 7.16. The van der Waals surface area contributed by atoms with Crippen LogP contribution in [0.15, 0.2) is 77.3 Å². The normalized spacial score (nSPS) is 16.1. The van der Waals surface area contributed by atoms with Crippen molar-refractivity contribution < 1.29 is 4.42 Å². The first-order chi connectivity index (χ1) is 14.2. The molecular weight excluding hydrogens is 353 g/mol. The number of hydrogen-bond acceptors (Lipinski definition) is 2. The van der Waals surface area contributed by atoms with E-state index in [4.69, 9.17) is 4.42 Å². The molecule has 5 aromatic rings. The zero-order valence-electron chi connectivity index (χ0n) is 16.6. The molecule has 1 saturated carbocycles. The number of fused-ring (bicyclic) bond motifs is 5. The molecule has 0 bridgehead atoms. The van der Waals surface area contributed by atoms with Gasteiger partial charge in [-0.3, -0.25) is 4.98 Å². The van der Waals surface area contributed by atoms with Crippen LogP contribution >= 0.6 is 0 Å². The van der Waals surface area contributed by atoms with Crippen LogP contribution in [0.25, 0.3) is 44.0 Å². The molecule has 1 aliphatic carbocycles. The van der Waals surface area contributed by atoms with Crippen molar-refractivity contribution in [3.63, 3.8) is 0 Å². The second-order valence-electron chi connectivity index (χ2n) is 8.67. The number of aromatic nitrogens is 1. The summed E-state index contributed by atoms with van der Waals surface area (Å²) in [6, 6.07) is 23.7. The van der Waals surface area contributed by atoms with Gasteiger partial charge in [0.2, 0.25) is 0 Å². The molecule has 0 radical (unpaired) electrons. The number of hydrogen-bond donors (Lipinski definition) is 0. The van der Waals surface area contributed by atoms with Gasteiger partial charge in [-0.15, -0.1) is 0 Å². The molecule has 1 fully saturated rings. The summed E-state index contributed by atoms with van der Waals surface area (Å²) in [5.74, 6) is 0. The zero-order valence-corrected chi connectivity index (χ0v) is 16.6.